The van der Waals surface area contributed by atoms with Gasteiger partial charge in [0.05, 0.1) is 12.5 Å². The van der Waals surface area contributed by atoms with Crippen LogP contribution in [0.15, 0.2) is 6.07 Å². The van der Waals surface area contributed by atoms with Crippen molar-refractivity contribution >= 4 is 17.7 Å². The molecular formula is C17H27N3O4. The van der Waals surface area contributed by atoms with E-state index in [0.29, 0.717) is 12.4 Å². The fourth-order valence-electron chi connectivity index (χ4n) is 2.66. The van der Waals surface area contributed by atoms with Crippen molar-refractivity contribution in [1.82, 2.24) is 10.2 Å². The Balaban J connectivity index is 1.92. The molecule has 2 N–H and O–H groups in total. The van der Waals surface area contributed by atoms with Crippen LogP contribution in [0, 0.1) is 5.41 Å². The number of carbonyl (C=O) groups excluding carboxylic acids is 2. The third kappa shape index (κ3) is 5.06. The molecule has 1 amide bonds. The molecule has 1 fully saturated rings. The quantitative estimate of drug-likeness (QED) is 0.824. The summed E-state index contributed by atoms with van der Waals surface area (Å²) >= 11 is 0. The lowest BCUT2D eigenvalue weighted by Gasteiger charge is -2.38. The third-order valence-corrected chi connectivity index (χ3v) is 3.99. The predicted octanol–water partition coefficient (Wildman–Crippen LogP) is 2.90. The molecule has 134 valence electrons. The molecule has 1 aromatic heterocycles. The van der Waals surface area contributed by atoms with E-state index in [0.717, 1.165) is 12.8 Å². The lowest BCUT2D eigenvalue weighted by Crippen LogP contribution is -2.39. The number of ether oxygens (including phenoxy) is 2. The normalized spacial score (nSPS) is 20.5. The molecule has 7 nitrogen and oxygen atoms in total. The van der Waals surface area contributed by atoms with Crippen molar-refractivity contribution < 1.29 is 19.1 Å². The Morgan fingerprint density at radius 3 is 2.79 bits per heavy atom. The zero-order chi connectivity index (χ0) is 18.0. The molecule has 0 aliphatic carbocycles. The number of aromatic nitrogens is 2. The first kappa shape index (κ1) is 18.4. The van der Waals surface area contributed by atoms with E-state index in [-0.39, 0.29) is 29.5 Å². The molecule has 0 spiro atoms. The van der Waals surface area contributed by atoms with Gasteiger partial charge in [-0.3, -0.25) is 9.89 Å². The number of hydrogen-bond acceptors (Lipinski definition) is 5. The van der Waals surface area contributed by atoms with Gasteiger partial charge in [-0.05, 0) is 39.0 Å². The van der Waals surface area contributed by atoms with Crippen LogP contribution in [0.2, 0.25) is 0 Å². The Morgan fingerprint density at radius 2 is 2.17 bits per heavy atom. The highest BCUT2D eigenvalue weighted by atomic mass is 16.6. The number of hydrogen-bond donors (Lipinski definition) is 2. The van der Waals surface area contributed by atoms with Crippen LogP contribution in [0.3, 0.4) is 0 Å². The Bertz CT molecular complexity index is 601. The van der Waals surface area contributed by atoms with Crippen molar-refractivity contribution in [3.8, 4) is 0 Å². The van der Waals surface area contributed by atoms with Gasteiger partial charge in [-0.2, -0.15) is 5.10 Å². The van der Waals surface area contributed by atoms with Gasteiger partial charge in [0.1, 0.15) is 11.3 Å². The molecule has 1 aromatic rings. The Hall–Kier alpha value is -1.89. The summed E-state index contributed by atoms with van der Waals surface area (Å²) in [6.07, 6.45) is 2.21. The SMILES string of the molecule is CC(C)(C)OC(=O)c1cc(NC(=O)CC2OCCCC2(C)C)n[nH]1. The Labute approximate surface area is 142 Å². The van der Waals surface area contributed by atoms with Crippen LogP contribution in [0.4, 0.5) is 5.82 Å². The number of anilines is 1. The molecule has 7 heteroatoms. The molecule has 0 saturated carbocycles. The molecule has 0 radical (unpaired) electrons. The van der Waals surface area contributed by atoms with E-state index >= 15 is 0 Å². The molecule has 24 heavy (non-hydrogen) atoms. The summed E-state index contributed by atoms with van der Waals surface area (Å²) in [5, 5.41) is 9.22. The molecule has 1 aliphatic rings. The van der Waals surface area contributed by atoms with Gasteiger partial charge >= 0.3 is 5.97 Å². The molecule has 1 atom stereocenters. The van der Waals surface area contributed by atoms with Crippen LogP contribution < -0.4 is 5.32 Å². The van der Waals surface area contributed by atoms with Gasteiger partial charge in [-0.1, -0.05) is 13.8 Å². The monoisotopic (exact) mass is 337 g/mol. The van der Waals surface area contributed by atoms with Crippen molar-refractivity contribution in [2.24, 2.45) is 5.41 Å². The Morgan fingerprint density at radius 1 is 1.46 bits per heavy atom. The maximum atomic E-state index is 12.2. The van der Waals surface area contributed by atoms with E-state index in [1.54, 1.807) is 20.8 Å². The van der Waals surface area contributed by atoms with Crippen LogP contribution in [-0.4, -0.2) is 40.4 Å². The summed E-state index contributed by atoms with van der Waals surface area (Å²) in [6.45, 7) is 10.3. The first-order valence-electron chi connectivity index (χ1n) is 8.27. The van der Waals surface area contributed by atoms with E-state index in [4.69, 9.17) is 9.47 Å². The van der Waals surface area contributed by atoms with Crippen molar-refractivity contribution in [2.45, 2.75) is 65.6 Å². The van der Waals surface area contributed by atoms with E-state index in [2.05, 4.69) is 29.4 Å². The van der Waals surface area contributed by atoms with Gasteiger partial charge in [0, 0.05) is 12.7 Å². The summed E-state index contributed by atoms with van der Waals surface area (Å²) in [5.74, 6) is -0.390. The number of carbonyl (C=O) groups is 2. The highest BCUT2D eigenvalue weighted by Gasteiger charge is 2.34. The van der Waals surface area contributed by atoms with Crippen molar-refractivity contribution in [3.63, 3.8) is 0 Å². The molecular weight excluding hydrogens is 310 g/mol. The maximum Gasteiger partial charge on any atom is 0.356 e. The Kier molecular flexibility index (Phi) is 5.32. The van der Waals surface area contributed by atoms with E-state index in [9.17, 15) is 9.59 Å². The largest absolute Gasteiger partial charge is 0.455 e. The summed E-state index contributed by atoms with van der Waals surface area (Å²) < 4.78 is 11.0. The minimum atomic E-state index is -0.588. The number of nitrogens with one attached hydrogen (secondary N) is 2. The fraction of sp³-hybridized carbons (Fsp3) is 0.706. The zero-order valence-corrected chi connectivity index (χ0v) is 15.1. The number of esters is 1. The van der Waals surface area contributed by atoms with Crippen LogP contribution in [-0.2, 0) is 14.3 Å². The van der Waals surface area contributed by atoms with Crippen molar-refractivity contribution in [1.29, 1.82) is 0 Å². The van der Waals surface area contributed by atoms with E-state index < -0.39 is 11.6 Å². The molecule has 1 unspecified atom stereocenters. The summed E-state index contributed by atoms with van der Waals surface area (Å²) in [4.78, 5) is 24.2. The number of rotatable bonds is 4. The van der Waals surface area contributed by atoms with Gasteiger partial charge in [0.2, 0.25) is 5.91 Å². The minimum absolute atomic E-state index is 0.0250. The average Bonchev–Trinajstić information content (AvgIpc) is 2.88. The third-order valence-electron chi connectivity index (χ3n) is 3.99. The van der Waals surface area contributed by atoms with Crippen molar-refractivity contribution in [2.75, 3.05) is 11.9 Å². The van der Waals surface area contributed by atoms with Gasteiger partial charge in [0.15, 0.2) is 5.82 Å². The second kappa shape index (κ2) is 6.93. The first-order valence-corrected chi connectivity index (χ1v) is 8.27. The first-order chi connectivity index (χ1) is 11.1. The fourth-order valence-corrected chi connectivity index (χ4v) is 2.66. The van der Waals surface area contributed by atoms with Crippen molar-refractivity contribution in [3.05, 3.63) is 11.8 Å². The van der Waals surface area contributed by atoms with E-state index in [1.165, 1.54) is 6.07 Å². The summed E-state index contributed by atoms with van der Waals surface area (Å²) in [5.41, 5.74) is -0.410. The lowest BCUT2D eigenvalue weighted by atomic mass is 9.79. The highest BCUT2D eigenvalue weighted by Crippen LogP contribution is 2.35. The standard InChI is InChI=1S/C17H27N3O4/c1-16(2,3)24-15(22)11-9-13(20-19-11)18-14(21)10-12-17(4,5)7-6-8-23-12/h9,12H,6-8,10H2,1-5H3,(H2,18,19,20,21). The van der Waals surface area contributed by atoms with Crippen LogP contribution in [0.25, 0.3) is 0 Å². The topological polar surface area (TPSA) is 93.3 Å². The van der Waals surface area contributed by atoms with Crippen LogP contribution in [0.5, 0.6) is 0 Å². The molecule has 1 aliphatic heterocycles. The molecule has 0 bridgehead atoms. The van der Waals surface area contributed by atoms with Gasteiger partial charge in [0.25, 0.3) is 0 Å². The van der Waals surface area contributed by atoms with E-state index in [1.807, 2.05) is 0 Å². The number of aromatic amines is 1. The number of H-pyrrole nitrogens is 1. The zero-order valence-electron chi connectivity index (χ0n) is 15.1. The minimum Gasteiger partial charge on any atom is -0.455 e. The van der Waals surface area contributed by atoms with Gasteiger partial charge < -0.3 is 14.8 Å². The molecule has 1 saturated heterocycles. The molecule has 2 rings (SSSR count). The molecule has 0 aromatic carbocycles. The summed E-state index contributed by atoms with van der Waals surface area (Å²) in [7, 11) is 0. The van der Waals surface area contributed by atoms with Gasteiger partial charge in [-0.15, -0.1) is 0 Å². The maximum absolute atomic E-state index is 12.2. The second-order valence-electron chi connectivity index (χ2n) is 7.87. The van der Waals surface area contributed by atoms with Gasteiger partial charge in [-0.25, -0.2) is 4.79 Å². The number of amides is 1. The molecule has 2 heterocycles. The average molecular weight is 337 g/mol. The smallest absolute Gasteiger partial charge is 0.356 e. The lowest BCUT2D eigenvalue weighted by molar-refractivity contribution is -0.125. The summed E-state index contributed by atoms with van der Waals surface area (Å²) in [6, 6.07) is 1.47. The number of nitrogens with zero attached hydrogens (tertiary/aromatic N) is 1. The predicted molar refractivity (Wildman–Crippen MR) is 89.8 cm³/mol. The second-order valence-corrected chi connectivity index (χ2v) is 7.87. The highest BCUT2D eigenvalue weighted by molar-refractivity contribution is 5.93. The van der Waals surface area contributed by atoms with Crippen LogP contribution >= 0.6 is 0 Å². The van der Waals surface area contributed by atoms with Crippen LogP contribution in [0.1, 0.15) is 64.4 Å².